The highest BCUT2D eigenvalue weighted by Crippen LogP contribution is 2.46. The zero-order valence-corrected chi connectivity index (χ0v) is 23.2. The van der Waals surface area contributed by atoms with E-state index < -0.39 is 0 Å². The molecule has 1 aliphatic carbocycles. The predicted molar refractivity (Wildman–Crippen MR) is 159 cm³/mol. The third-order valence-electron chi connectivity index (χ3n) is 7.57. The Labute approximate surface area is 235 Å². The number of unbranched alkanes of at least 4 members (excludes halogenated alkanes) is 2. The lowest BCUT2D eigenvalue weighted by molar-refractivity contribution is -0.123. The van der Waals surface area contributed by atoms with Crippen molar-refractivity contribution in [3.05, 3.63) is 108 Å². The van der Waals surface area contributed by atoms with Crippen molar-refractivity contribution in [1.29, 1.82) is 0 Å². The molecule has 1 heterocycles. The molecule has 5 rings (SSSR count). The third kappa shape index (κ3) is 6.17. The molecule has 1 aliphatic rings. The van der Waals surface area contributed by atoms with Gasteiger partial charge >= 0.3 is 0 Å². The summed E-state index contributed by atoms with van der Waals surface area (Å²) in [5, 5.41) is 7.44. The second-order valence-corrected chi connectivity index (χ2v) is 10.5. The Morgan fingerprint density at radius 1 is 1.02 bits per heavy atom. The molecule has 206 valence electrons. The average molecular weight is 538 g/mol. The van der Waals surface area contributed by atoms with Gasteiger partial charge in [0.2, 0.25) is 5.91 Å². The Morgan fingerprint density at radius 3 is 2.50 bits per heavy atom. The van der Waals surface area contributed by atoms with Crippen LogP contribution in [0.5, 0.6) is 5.75 Å². The minimum Gasteiger partial charge on any atom is -0.494 e. The molecular weight excluding hydrogens is 501 g/mol. The molecule has 0 saturated heterocycles. The van der Waals surface area contributed by atoms with Gasteiger partial charge in [-0.1, -0.05) is 55.0 Å². The van der Waals surface area contributed by atoms with Crippen LogP contribution in [0.25, 0.3) is 22.0 Å². The number of hydrogen-bond acceptors (Lipinski definition) is 3. The van der Waals surface area contributed by atoms with E-state index in [-0.39, 0.29) is 11.7 Å². The fraction of sp³-hybridized carbons (Fsp3) is 0.294. The number of nitrogens with zero attached hydrogens (tertiary/aromatic N) is 2. The molecule has 40 heavy (non-hydrogen) atoms. The second kappa shape index (κ2) is 12.8. The minimum atomic E-state index is -0.254. The molecule has 1 saturated carbocycles. The van der Waals surface area contributed by atoms with Crippen LogP contribution in [0.4, 0.5) is 4.39 Å². The monoisotopic (exact) mass is 537 g/mol. The van der Waals surface area contributed by atoms with Crippen molar-refractivity contribution in [3.8, 4) is 5.75 Å². The van der Waals surface area contributed by atoms with Gasteiger partial charge in [-0.3, -0.25) is 9.89 Å². The number of ether oxygens (including phenoxy) is 1. The first-order chi connectivity index (χ1) is 19.5. The molecule has 1 N–H and O–H groups in total. The molecule has 1 aromatic heterocycles. The van der Waals surface area contributed by atoms with E-state index in [1.807, 2.05) is 60.7 Å². The SMILES string of the molecule is CN(C)C(=O)/C=C/CCCCOc1ccc(/C(=C(\c2ccccc2)C2CCC2)c2ccc3[nH]ncc3c2F)cc1. The van der Waals surface area contributed by atoms with Crippen LogP contribution in [-0.4, -0.2) is 41.7 Å². The molecule has 3 aromatic carbocycles. The van der Waals surface area contributed by atoms with Crippen LogP contribution in [0.3, 0.4) is 0 Å². The van der Waals surface area contributed by atoms with Gasteiger partial charge in [0, 0.05) is 19.7 Å². The quantitative estimate of drug-likeness (QED) is 0.121. The molecule has 1 amide bonds. The van der Waals surface area contributed by atoms with Crippen molar-refractivity contribution in [2.75, 3.05) is 20.7 Å². The number of amides is 1. The van der Waals surface area contributed by atoms with E-state index in [2.05, 4.69) is 22.3 Å². The van der Waals surface area contributed by atoms with Gasteiger partial charge in [0.1, 0.15) is 11.6 Å². The van der Waals surface area contributed by atoms with Crippen molar-refractivity contribution in [2.45, 2.75) is 38.5 Å². The number of hydrogen-bond donors (Lipinski definition) is 1. The molecular formula is C34H36FN3O2. The van der Waals surface area contributed by atoms with Gasteiger partial charge in [-0.15, -0.1) is 0 Å². The minimum absolute atomic E-state index is 0.00190. The van der Waals surface area contributed by atoms with Gasteiger partial charge in [-0.05, 0) is 90.6 Å². The summed E-state index contributed by atoms with van der Waals surface area (Å²) in [7, 11) is 3.49. The van der Waals surface area contributed by atoms with E-state index in [4.69, 9.17) is 4.74 Å². The Hall–Kier alpha value is -4.19. The number of nitrogens with one attached hydrogen (secondary N) is 1. The van der Waals surface area contributed by atoms with Gasteiger partial charge in [-0.2, -0.15) is 5.10 Å². The predicted octanol–water partition coefficient (Wildman–Crippen LogP) is 7.65. The van der Waals surface area contributed by atoms with Crippen molar-refractivity contribution in [1.82, 2.24) is 15.1 Å². The standard InChI is InChI=1S/C34H36FN3O2/c1-38(2)31(39)15-8-3-4-9-22-40-27-18-16-26(17-19-27)33(28-20-21-30-29(34(28)35)23-36-37-30)32(25-13-10-14-25)24-11-6-5-7-12-24/h5-8,11-12,15-21,23,25H,3-4,9-10,13-14,22H2,1-2H3,(H,36,37)/b15-8+,33-32-. The summed E-state index contributed by atoms with van der Waals surface area (Å²) >= 11 is 0. The summed E-state index contributed by atoms with van der Waals surface area (Å²) in [6.07, 6.45) is 11.2. The molecule has 0 bridgehead atoms. The molecule has 1 fully saturated rings. The molecule has 4 aromatic rings. The number of likely N-dealkylation sites (N-methyl/N-ethyl adjacent to an activating group) is 1. The van der Waals surface area contributed by atoms with Gasteiger partial charge in [0.25, 0.3) is 0 Å². The van der Waals surface area contributed by atoms with E-state index in [0.717, 1.165) is 54.6 Å². The highest BCUT2D eigenvalue weighted by Gasteiger charge is 2.28. The molecule has 0 radical (unpaired) electrons. The van der Waals surface area contributed by atoms with Crippen LogP contribution in [0.1, 0.15) is 55.2 Å². The maximum absolute atomic E-state index is 16.0. The number of aromatic nitrogens is 2. The van der Waals surface area contributed by atoms with E-state index in [0.29, 0.717) is 29.0 Å². The van der Waals surface area contributed by atoms with Crippen molar-refractivity contribution < 1.29 is 13.9 Å². The fourth-order valence-electron chi connectivity index (χ4n) is 5.14. The Kier molecular flexibility index (Phi) is 8.74. The smallest absolute Gasteiger partial charge is 0.245 e. The number of allylic oxidation sites excluding steroid dienone is 2. The number of H-pyrrole nitrogens is 1. The fourth-order valence-corrected chi connectivity index (χ4v) is 5.14. The van der Waals surface area contributed by atoms with Gasteiger partial charge in [0.15, 0.2) is 0 Å². The van der Waals surface area contributed by atoms with E-state index in [1.165, 1.54) is 12.0 Å². The lowest BCUT2D eigenvalue weighted by atomic mass is 9.73. The van der Waals surface area contributed by atoms with Crippen LogP contribution in [0, 0.1) is 11.7 Å². The summed E-state index contributed by atoms with van der Waals surface area (Å²) in [6.45, 7) is 0.598. The van der Waals surface area contributed by atoms with E-state index in [1.54, 1.807) is 31.3 Å². The number of carbonyl (C=O) groups excluding carboxylic acids is 1. The number of carbonyl (C=O) groups is 1. The topological polar surface area (TPSA) is 58.2 Å². The maximum Gasteiger partial charge on any atom is 0.245 e. The number of benzene rings is 3. The lowest BCUT2D eigenvalue weighted by Crippen LogP contribution is -2.18. The maximum atomic E-state index is 16.0. The van der Waals surface area contributed by atoms with Crippen molar-refractivity contribution in [2.24, 2.45) is 5.92 Å². The number of rotatable bonds is 11. The van der Waals surface area contributed by atoms with Gasteiger partial charge in [0.05, 0.1) is 23.7 Å². The first-order valence-electron chi connectivity index (χ1n) is 14.1. The highest BCUT2D eigenvalue weighted by molar-refractivity contribution is 6.01. The molecule has 0 spiro atoms. The molecule has 6 heteroatoms. The van der Waals surface area contributed by atoms with Crippen molar-refractivity contribution >= 4 is 28.0 Å². The number of fused-ring (bicyclic) bond motifs is 1. The summed E-state index contributed by atoms with van der Waals surface area (Å²) in [5.41, 5.74) is 5.51. The normalized spacial score (nSPS) is 14.3. The summed E-state index contributed by atoms with van der Waals surface area (Å²) in [4.78, 5) is 13.2. The van der Waals surface area contributed by atoms with E-state index in [9.17, 15) is 4.79 Å². The van der Waals surface area contributed by atoms with Crippen LogP contribution < -0.4 is 4.74 Å². The van der Waals surface area contributed by atoms with Crippen LogP contribution in [0.2, 0.25) is 0 Å². The third-order valence-corrected chi connectivity index (χ3v) is 7.57. The van der Waals surface area contributed by atoms with Crippen LogP contribution in [-0.2, 0) is 4.79 Å². The largest absolute Gasteiger partial charge is 0.494 e. The second-order valence-electron chi connectivity index (χ2n) is 10.5. The molecule has 0 unspecified atom stereocenters. The Bertz CT molecular complexity index is 1500. The van der Waals surface area contributed by atoms with Gasteiger partial charge in [-0.25, -0.2) is 4.39 Å². The van der Waals surface area contributed by atoms with E-state index >= 15 is 4.39 Å². The number of aromatic amines is 1. The lowest BCUT2D eigenvalue weighted by Gasteiger charge is -2.31. The van der Waals surface area contributed by atoms with Crippen LogP contribution in [0.15, 0.2) is 85.1 Å². The van der Waals surface area contributed by atoms with Crippen LogP contribution >= 0.6 is 0 Å². The Balaban J connectivity index is 1.40. The zero-order chi connectivity index (χ0) is 27.9. The van der Waals surface area contributed by atoms with Gasteiger partial charge < -0.3 is 9.64 Å². The first-order valence-corrected chi connectivity index (χ1v) is 14.1. The summed E-state index contributed by atoms with van der Waals surface area (Å²) in [5.74, 6) is 0.921. The summed E-state index contributed by atoms with van der Waals surface area (Å²) in [6, 6.07) is 22.2. The van der Waals surface area contributed by atoms with Crippen molar-refractivity contribution in [3.63, 3.8) is 0 Å². The summed E-state index contributed by atoms with van der Waals surface area (Å²) < 4.78 is 22.0. The zero-order valence-electron chi connectivity index (χ0n) is 23.2. The Morgan fingerprint density at radius 2 is 1.80 bits per heavy atom. The average Bonchev–Trinajstić information content (AvgIpc) is 3.43. The first kappa shape index (κ1) is 27.4. The molecule has 5 nitrogen and oxygen atoms in total. The number of halogens is 1. The highest BCUT2D eigenvalue weighted by atomic mass is 19.1. The molecule has 0 aliphatic heterocycles. The molecule has 0 atom stereocenters.